The van der Waals surface area contributed by atoms with Crippen LogP contribution in [0.25, 0.3) is 0 Å². The third-order valence-electron chi connectivity index (χ3n) is 10.2. The van der Waals surface area contributed by atoms with Crippen LogP contribution in [0.1, 0.15) is 187 Å². The molecule has 0 aromatic heterocycles. The summed E-state index contributed by atoms with van der Waals surface area (Å²) < 4.78 is 17.3. The number of hydrogen-bond acceptors (Lipinski definition) is 6. The molecule has 8 heteroatoms. The Kier molecular flexibility index (Phi) is 38.7. The first-order chi connectivity index (χ1) is 28.1. The van der Waals surface area contributed by atoms with Crippen molar-refractivity contribution in [1.82, 2.24) is 0 Å². The van der Waals surface area contributed by atoms with Crippen molar-refractivity contribution < 1.29 is 38.2 Å². The third-order valence-corrected chi connectivity index (χ3v) is 10.2. The van der Waals surface area contributed by atoms with Gasteiger partial charge in [0.15, 0.2) is 12.1 Å². The number of nitrogens with zero attached hydrogens (tertiary/aromatic N) is 1. The number of carbonyl (C=O) groups is 3. The molecule has 0 bridgehead atoms. The quantitative estimate of drug-likeness (QED) is 0.0284. The number of carbonyl (C=O) groups excluding carboxylic acids is 2. The highest BCUT2D eigenvalue weighted by molar-refractivity contribution is 5.72. The van der Waals surface area contributed by atoms with E-state index < -0.39 is 18.1 Å². The number of likely N-dealkylation sites (N-methyl/N-ethyl adjacent to an activating group) is 1. The minimum atomic E-state index is -0.879. The molecule has 0 aromatic carbocycles. The molecule has 2 unspecified atom stereocenters. The van der Waals surface area contributed by atoms with Crippen molar-refractivity contribution in [3.63, 3.8) is 0 Å². The number of allylic oxidation sites excluding steroid dienone is 10. The normalized spacial score (nSPS) is 13.5. The van der Waals surface area contributed by atoms with Gasteiger partial charge in [-0.25, -0.2) is 4.79 Å². The fourth-order valence-corrected chi connectivity index (χ4v) is 6.55. The molecular weight excluding hydrogens is 727 g/mol. The van der Waals surface area contributed by atoms with Crippen LogP contribution in [-0.4, -0.2) is 80.6 Å². The van der Waals surface area contributed by atoms with Gasteiger partial charge in [-0.1, -0.05) is 152 Å². The van der Waals surface area contributed by atoms with Crippen LogP contribution < -0.4 is 0 Å². The van der Waals surface area contributed by atoms with Crippen molar-refractivity contribution in [3.8, 4) is 0 Å². The highest BCUT2D eigenvalue weighted by Crippen LogP contribution is 2.14. The van der Waals surface area contributed by atoms with Crippen molar-refractivity contribution in [1.29, 1.82) is 0 Å². The Bertz CT molecular complexity index is 1130. The van der Waals surface area contributed by atoms with Gasteiger partial charge in [0.05, 0.1) is 34.4 Å². The largest absolute Gasteiger partial charge is 0.477 e. The van der Waals surface area contributed by atoms with Crippen molar-refractivity contribution in [3.05, 3.63) is 60.8 Å². The van der Waals surface area contributed by atoms with E-state index in [2.05, 4.69) is 74.6 Å². The molecular formula is C50H88NO7+. The summed E-state index contributed by atoms with van der Waals surface area (Å²) in [6, 6.07) is -0.618. The van der Waals surface area contributed by atoms with Crippen LogP contribution in [0.2, 0.25) is 0 Å². The fraction of sp³-hybridized carbons (Fsp3) is 0.740. The first-order valence-corrected chi connectivity index (χ1v) is 23.3. The van der Waals surface area contributed by atoms with Crippen LogP contribution in [0.5, 0.6) is 0 Å². The molecule has 0 radical (unpaired) electrons. The van der Waals surface area contributed by atoms with Crippen LogP contribution in [0.15, 0.2) is 60.8 Å². The van der Waals surface area contributed by atoms with E-state index in [-0.39, 0.29) is 36.2 Å². The molecule has 0 aliphatic rings. The van der Waals surface area contributed by atoms with Gasteiger partial charge < -0.3 is 23.8 Å². The summed E-state index contributed by atoms with van der Waals surface area (Å²) in [6.07, 6.45) is 49.8. The minimum Gasteiger partial charge on any atom is -0.477 e. The van der Waals surface area contributed by atoms with E-state index >= 15 is 0 Å². The van der Waals surface area contributed by atoms with Crippen LogP contribution in [-0.2, 0) is 28.6 Å². The smallest absolute Gasteiger partial charge is 0.362 e. The zero-order chi connectivity index (χ0) is 42.8. The number of carboxylic acid groups (broad SMARTS) is 1. The van der Waals surface area contributed by atoms with E-state index in [1.165, 1.54) is 70.6 Å². The van der Waals surface area contributed by atoms with Crippen molar-refractivity contribution in [2.75, 3.05) is 41.0 Å². The topological polar surface area (TPSA) is 99.1 Å². The van der Waals surface area contributed by atoms with Gasteiger partial charge in [-0.15, -0.1) is 0 Å². The molecule has 334 valence electrons. The Balaban J connectivity index is 4.28. The molecule has 58 heavy (non-hydrogen) atoms. The van der Waals surface area contributed by atoms with Crippen LogP contribution in [0, 0.1) is 0 Å². The average molecular weight is 815 g/mol. The van der Waals surface area contributed by atoms with E-state index in [0.29, 0.717) is 19.3 Å². The molecule has 1 N–H and O–H groups in total. The second-order valence-electron chi connectivity index (χ2n) is 16.6. The summed E-state index contributed by atoms with van der Waals surface area (Å²) in [6.45, 7) is 4.58. The molecule has 0 spiro atoms. The summed E-state index contributed by atoms with van der Waals surface area (Å²) >= 11 is 0. The molecule has 0 aromatic rings. The summed E-state index contributed by atoms with van der Waals surface area (Å²) in [4.78, 5) is 37.0. The molecule has 0 fully saturated rings. The van der Waals surface area contributed by atoms with E-state index in [4.69, 9.17) is 14.2 Å². The predicted octanol–water partition coefficient (Wildman–Crippen LogP) is 13.0. The van der Waals surface area contributed by atoms with E-state index in [0.717, 1.165) is 83.5 Å². The average Bonchev–Trinajstić information content (AvgIpc) is 3.18. The van der Waals surface area contributed by atoms with Gasteiger partial charge >= 0.3 is 17.9 Å². The summed E-state index contributed by atoms with van der Waals surface area (Å²) in [7, 11) is 5.52. The molecule has 0 saturated heterocycles. The molecule has 0 rings (SSSR count). The SMILES string of the molecule is CC/C=C/C/C=C/C/C=C/C/C=C/CCCCCCCCCCCC(=O)OC(COCCC(C(=O)O)[N+](C)(C)C)COC(=O)CCCCCCC/C=C/CCCCC. The minimum absolute atomic E-state index is 0.0546. The number of rotatable bonds is 41. The van der Waals surface area contributed by atoms with Gasteiger partial charge in [0, 0.05) is 19.3 Å². The maximum Gasteiger partial charge on any atom is 0.362 e. The molecule has 0 amide bonds. The molecule has 0 aliphatic heterocycles. The van der Waals surface area contributed by atoms with E-state index in [1.807, 2.05) is 21.1 Å². The standard InChI is InChI=1S/C50H87NO7/c1-6-8-10-12-14-16-18-20-21-22-23-24-25-26-27-28-29-31-33-35-37-39-41-49(53)58-46(44-56-43-42-47(50(54)55)51(3,4)5)45-57-48(52)40-38-36-34-32-30-19-17-15-13-11-9-7-2/h8,10,14-17,20-21,23-24,46-47H,6-7,9,11-13,18-19,22,25-45H2,1-5H3/p+1/b10-8+,16-14+,17-15+,21-20+,24-23+. The zero-order valence-electron chi connectivity index (χ0n) is 38.0. The van der Waals surface area contributed by atoms with Crippen molar-refractivity contribution in [2.45, 2.75) is 199 Å². The van der Waals surface area contributed by atoms with E-state index in [9.17, 15) is 19.5 Å². The van der Waals surface area contributed by atoms with Crippen LogP contribution in [0.3, 0.4) is 0 Å². The lowest BCUT2D eigenvalue weighted by Gasteiger charge is -2.31. The number of quaternary nitrogens is 1. The number of carboxylic acids is 1. The third kappa shape index (κ3) is 38.5. The molecule has 0 heterocycles. The van der Waals surface area contributed by atoms with Gasteiger partial charge in [-0.3, -0.25) is 9.59 Å². The number of esters is 2. The van der Waals surface area contributed by atoms with Gasteiger partial charge in [0.1, 0.15) is 6.61 Å². The first kappa shape index (κ1) is 55.0. The van der Waals surface area contributed by atoms with Gasteiger partial charge in [0.25, 0.3) is 0 Å². The highest BCUT2D eigenvalue weighted by Gasteiger charge is 2.31. The predicted molar refractivity (Wildman–Crippen MR) is 243 cm³/mol. The number of aliphatic carboxylic acids is 1. The second-order valence-corrected chi connectivity index (χ2v) is 16.6. The lowest BCUT2D eigenvalue weighted by atomic mass is 10.1. The van der Waals surface area contributed by atoms with Gasteiger partial charge in [0.2, 0.25) is 0 Å². The molecule has 0 aliphatic carbocycles. The second kappa shape index (κ2) is 40.8. The monoisotopic (exact) mass is 815 g/mol. The molecule has 8 nitrogen and oxygen atoms in total. The van der Waals surface area contributed by atoms with Crippen LogP contribution >= 0.6 is 0 Å². The molecule has 2 atom stereocenters. The Hall–Kier alpha value is -2.97. The fourth-order valence-electron chi connectivity index (χ4n) is 6.55. The number of hydrogen-bond donors (Lipinski definition) is 1. The van der Waals surface area contributed by atoms with Gasteiger partial charge in [-0.05, 0) is 77.0 Å². The maximum absolute atomic E-state index is 12.8. The highest BCUT2D eigenvalue weighted by atomic mass is 16.6. The summed E-state index contributed by atoms with van der Waals surface area (Å²) in [5.41, 5.74) is 0. The Morgan fingerprint density at radius 1 is 0.534 bits per heavy atom. The van der Waals surface area contributed by atoms with Crippen LogP contribution in [0.4, 0.5) is 0 Å². The van der Waals surface area contributed by atoms with Crippen molar-refractivity contribution in [2.24, 2.45) is 0 Å². The zero-order valence-corrected chi connectivity index (χ0v) is 38.0. The Labute approximate surface area is 356 Å². The van der Waals surface area contributed by atoms with E-state index in [1.54, 1.807) is 0 Å². The Morgan fingerprint density at radius 2 is 0.966 bits per heavy atom. The van der Waals surface area contributed by atoms with Crippen molar-refractivity contribution >= 4 is 17.9 Å². The van der Waals surface area contributed by atoms with Gasteiger partial charge in [-0.2, -0.15) is 0 Å². The molecule has 0 saturated carbocycles. The lowest BCUT2D eigenvalue weighted by molar-refractivity contribution is -0.887. The first-order valence-electron chi connectivity index (χ1n) is 23.3. The Morgan fingerprint density at radius 3 is 1.45 bits per heavy atom. The lowest BCUT2D eigenvalue weighted by Crippen LogP contribution is -2.50. The number of ether oxygens (including phenoxy) is 3. The number of unbranched alkanes of at least 4 members (excludes halogenated alkanes) is 17. The summed E-state index contributed by atoms with van der Waals surface area (Å²) in [5, 5.41) is 9.63. The maximum atomic E-state index is 12.8. The summed E-state index contributed by atoms with van der Waals surface area (Å²) in [5.74, 6) is -1.49.